The lowest BCUT2D eigenvalue weighted by Gasteiger charge is -2.30. The van der Waals surface area contributed by atoms with Crippen LogP contribution in [0.2, 0.25) is 0 Å². The van der Waals surface area contributed by atoms with Crippen LogP contribution in [0.25, 0.3) is 10.8 Å². The fourth-order valence-corrected chi connectivity index (χ4v) is 4.83. The van der Waals surface area contributed by atoms with E-state index in [1.807, 2.05) is 42.5 Å². The second-order valence-electron chi connectivity index (χ2n) is 7.28. The van der Waals surface area contributed by atoms with Gasteiger partial charge in [-0.15, -0.1) is 11.8 Å². The van der Waals surface area contributed by atoms with E-state index in [9.17, 15) is 9.59 Å². The molecule has 0 radical (unpaired) electrons. The number of rotatable bonds is 6. The molecule has 0 bridgehead atoms. The predicted octanol–water partition coefficient (Wildman–Crippen LogP) is 4.72. The minimum absolute atomic E-state index is 0.0207. The highest BCUT2D eigenvalue weighted by Crippen LogP contribution is 2.36. The summed E-state index contributed by atoms with van der Waals surface area (Å²) in [6.45, 7) is 6.65. The Hall–Kier alpha value is -2.01. The number of thioether (sulfide) groups is 1. The van der Waals surface area contributed by atoms with E-state index in [1.54, 1.807) is 16.7 Å². The van der Waals surface area contributed by atoms with E-state index in [2.05, 4.69) is 20.8 Å². The van der Waals surface area contributed by atoms with Crippen LogP contribution in [0.4, 0.5) is 0 Å². The summed E-state index contributed by atoms with van der Waals surface area (Å²) < 4.78 is 5.43. The molecule has 0 aliphatic carbocycles. The number of hydrogen-bond acceptors (Lipinski definition) is 4. The van der Waals surface area contributed by atoms with Crippen LogP contribution in [0.1, 0.15) is 44.0 Å². The second kappa shape index (κ2) is 8.79. The Morgan fingerprint density at radius 2 is 1.93 bits per heavy atom. The number of unbranched alkanes of at least 4 members (excludes halogenated alkanes) is 1. The maximum Gasteiger partial charge on any atom is 0.329 e. The van der Waals surface area contributed by atoms with Crippen LogP contribution in [0.3, 0.4) is 0 Å². The van der Waals surface area contributed by atoms with Gasteiger partial charge in [-0.1, -0.05) is 57.5 Å². The van der Waals surface area contributed by atoms with Crippen molar-refractivity contribution in [2.75, 3.05) is 12.4 Å². The Morgan fingerprint density at radius 1 is 1.19 bits per heavy atom. The first kappa shape index (κ1) is 19.7. The topological polar surface area (TPSA) is 46.6 Å². The molecule has 27 heavy (non-hydrogen) atoms. The van der Waals surface area contributed by atoms with Crippen molar-refractivity contribution in [2.24, 2.45) is 5.92 Å². The summed E-state index contributed by atoms with van der Waals surface area (Å²) in [5, 5.41) is 2.10. The number of carbonyl (C=O) groups excluding carboxylic acids is 2. The van der Waals surface area contributed by atoms with Gasteiger partial charge in [0.2, 0.25) is 0 Å². The van der Waals surface area contributed by atoms with Crippen LogP contribution in [0, 0.1) is 5.92 Å². The molecule has 2 aromatic rings. The Morgan fingerprint density at radius 3 is 2.63 bits per heavy atom. The predicted molar refractivity (Wildman–Crippen MR) is 111 cm³/mol. The molecule has 0 N–H and O–H groups in total. The lowest BCUT2D eigenvalue weighted by atomic mass is 10.0. The Bertz CT molecular complexity index is 820. The van der Waals surface area contributed by atoms with Crippen molar-refractivity contribution in [1.82, 2.24) is 4.90 Å². The molecule has 1 heterocycles. The van der Waals surface area contributed by atoms with E-state index in [-0.39, 0.29) is 23.2 Å². The molecule has 4 nitrogen and oxygen atoms in total. The third-order valence-electron chi connectivity index (χ3n) is 4.85. The van der Waals surface area contributed by atoms with Gasteiger partial charge in [-0.3, -0.25) is 4.79 Å². The summed E-state index contributed by atoms with van der Waals surface area (Å²) in [5.74, 6) is 0.468. The molecule has 1 aliphatic heterocycles. The van der Waals surface area contributed by atoms with Crippen LogP contribution in [0.5, 0.6) is 0 Å². The molecule has 1 fully saturated rings. The largest absolute Gasteiger partial charge is 0.464 e. The zero-order valence-electron chi connectivity index (χ0n) is 16.2. The van der Waals surface area contributed by atoms with Gasteiger partial charge < -0.3 is 9.64 Å². The summed E-state index contributed by atoms with van der Waals surface area (Å²) in [4.78, 5) is 27.7. The van der Waals surface area contributed by atoms with Crippen molar-refractivity contribution < 1.29 is 14.3 Å². The second-order valence-corrected chi connectivity index (χ2v) is 8.43. The first-order valence-electron chi connectivity index (χ1n) is 9.62. The normalized spacial score (nSPS) is 19.6. The van der Waals surface area contributed by atoms with Gasteiger partial charge in [-0.2, -0.15) is 0 Å². The van der Waals surface area contributed by atoms with E-state index in [4.69, 9.17) is 4.74 Å². The summed E-state index contributed by atoms with van der Waals surface area (Å²) in [7, 11) is 0. The molecule has 0 saturated carbocycles. The highest BCUT2D eigenvalue weighted by atomic mass is 32.2. The first-order valence-corrected chi connectivity index (χ1v) is 10.7. The molecule has 3 rings (SSSR count). The Balaban J connectivity index is 1.87. The molecule has 1 aliphatic rings. The van der Waals surface area contributed by atoms with E-state index >= 15 is 0 Å². The Labute approximate surface area is 165 Å². The molecule has 0 unspecified atom stereocenters. The zero-order chi connectivity index (χ0) is 19.4. The van der Waals surface area contributed by atoms with Crippen molar-refractivity contribution in [3.8, 4) is 0 Å². The number of hydrogen-bond donors (Lipinski definition) is 0. The molecule has 2 atom stereocenters. The number of fused-ring (bicyclic) bond motifs is 1. The van der Waals surface area contributed by atoms with E-state index in [0.29, 0.717) is 17.9 Å². The average Bonchev–Trinajstić information content (AvgIpc) is 3.12. The summed E-state index contributed by atoms with van der Waals surface area (Å²) in [6, 6.07) is 13.2. The third-order valence-corrected chi connectivity index (χ3v) is 6.47. The molecule has 0 spiro atoms. The van der Waals surface area contributed by atoms with Gasteiger partial charge in [0.25, 0.3) is 5.91 Å². The lowest BCUT2D eigenvalue weighted by molar-refractivity contribution is -0.148. The summed E-state index contributed by atoms with van der Waals surface area (Å²) in [5.41, 5.74) is 0.619. The molecule has 144 valence electrons. The van der Waals surface area contributed by atoms with Gasteiger partial charge in [0.1, 0.15) is 6.04 Å². The minimum Gasteiger partial charge on any atom is -0.464 e. The van der Waals surface area contributed by atoms with Gasteiger partial charge in [0.05, 0.1) is 12.0 Å². The minimum atomic E-state index is -0.516. The van der Waals surface area contributed by atoms with Crippen molar-refractivity contribution in [3.05, 3.63) is 48.0 Å². The first-order chi connectivity index (χ1) is 13.0. The standard InChI is InChI=1S/C22H27NO3S/c1-4-5-12-26-22(25)19-14-27-21(15(2)3)23(19)20(24)18-11-10-16-8-6-7-9-17(16)13-18/h6-11,13,15,19,21H,4-5,12,14H2,1-3H3/t19-,21-/m1/s1. The van der Waals surface area contributed by atoms with Crippen LogP contribution in [-0.4, -0.2) is 40.6 Å². The number of nitrogens with zero attached hydrogens (tertiary/aromatic N) is 1. The fourth-order valence-electron chi connectivity index (χ4n) is 3.36. The van der Waals surface area contributed by atoms with Gasteiger partial charge in [0, 0.05) is 11.3 Å². The number of esters is 1. The molecule has 1 saturated heterocycles. The molecular weight excluding hydrogens is 358 g/mol. The monoisotopic (exact) mass is 385 g/mol. The molecule has 2 aromatic carbocycles. The lowest BCUT2D eigenvalue weighted by Crippen LogP contribution is -2.47. The Kier molecular flexibility index (Phi) is 6.42. The number of carbonyl (C=O) groups is 2. The van der Waals surface area contributed by atoms with Crippen molar-refractivity contribution >= 4 is 34.4 Å². The van der Waals surface area contributed by atoms with Crippen molar-refractivity contribution in [1.29, 1.82) is 0 Å². The number of benzene rings is 2. The summed E-state index contributed by atoms with van der Waals surface area (Å²) >= 11 is 1.67. The smallest absolute Gasteiger partial charge is 0.329 e. The quantitative estimate of drug-likeness (QED) is 0.533. The maximum atomic E-state index is 13.4. The molecular formula is C22H27NO3S. The highest BCUT2D eigenvalue weighted by molar-refractivity contribution is 8.00. The van der Waals surface area contributed by atoms with Gasteiger partial charge in [-0.05, 0) is 35.2 Å². The van der Waals surface area contributed by atoms with Crippen LogP contribution in [-0.2, 0) is 9.53 Å². The van der Waals surface area contributed by atoms with E-state index in [1.165, 1.54) is 0 Å². The molecule has 5 heteroatoms. The average molecular weight is 386 g/mol. The van der Waals surface area contributed by atoms with Crippen LogP contribution >= 0.6 is 11.8 Å². The van der Waals surface area contributed by atoms with Crippen molar-refractivity contribution in [3.63, 3.8) is 0 Å². The van der Waals surface area contributed by atoms with Crippen molar-refractivity contribution in [2.45, 2.75) is 45.0 Å². The zero-order valence-corrected chi connectivity index (χ0v) is 17.0. The highest BCUT2D eigenvalue weighted by Gasteiger charge is 2.43. The SMILES string of the molecule is CCCCOC(=O)[C@H]1CS[C@H](C(C)C)N1C(=O)c1ccc2ccccc2c1. The molecule has 0 aromatic heterocycles. The van der Waals surface area contributed by atoms with Crippen LogP contribution < -0.4 is 0 Å². The van der Waals surface area contributed by atoms with Gasteiger partial charge in [-0.25, -0.2) is 4.79 Å². The number of amides is 1. The maximum absolute atomic E-state index is 13.4. The van der Waals surface area contributed by atoms with E-state index < -0.39 is 6.04 Å². The number of ether oxygens (including phenoxy) is 1. The fraction of sp³-hybridized carbons (Fsp3) is 0.455. The third kappa shape index (κ3) is 4.29. The van der Waals surface area contributed by atoms with Gasteiger partial charge in [0.15, 0.2) is 0 Å². The van der Waals surface area contributed by atoms with Gasteiger partial charge >= 0.3 is 5.97 Å². The van der Waals surface area contributed by atoms with E-state index in [0.717, 1.165) is 23.6 Å². The van der Waals surface area contributed by atoms with Crippen LogP contribution in [0.15, 0.2) is 42.5 Å². The molecule has 1 amide bonds. The summed E-state index contributed by atoms with van der Waals surface area (Å²) in [6.07, 6.45) is 1.82.